The Balaban J connectivity index is 1.84. The van der Waals surface area contributed by atoms with E-state index in [1.165, 1.54) is 17.5 Å². The molecule has 0 bridgehead atoms. The topological polar surface area (TPSA) is 33.3 Å². The number of nitrogens with one attached hydrogen (secondary N) is 2. The Morgan fingerprint density at radius 2 is 2.21 bits per heavy atom. The molecule has 1 atom stereocenters. The van der Waals surface area contributed by atoms with E-state index < -0.39 is 0 Å². The molecule has 2 rings (SSSR count). The van der Waals surface area contributed by atoms with Crippen LogP contribution in [0.5, 0.6) is 5.75 Å². The van der Waals surface area contributed by atoms with Crippen molar-refractivity contribution in [2.24, 2.45) is 0 Å². The van der Waals surface area contributed by atoms with Gasteiger partial charge in [-0.25, -0.2) is 0 Å². The Kier molecular flexibility index (Phi) is 4.48. The van der Waals surface area contributed by atoms with Gasteiger partial charge in [-0.3, -0.25) is 0 Å². The van der Waals surface area contributed by atoms with Gasteiger partial charge in [0.05, 0.1) is 7.11 Å². The highest BCUT2D eigenvalue weighted by molar-refractivity contribution is 5.37. The van der Waals surface area contributed by atoms with Crippen LogP contribution in [0.3, 0.4) is 0 Å². The zero-order valence-corrected chi connectivity index (χ0v) is 12.5. The van der Waals surface area contributed by atoms with Gasteiger partial charge in [0.1, 0.15) is 5.75 Å². The summed E-state index contributed by atoms with van der Waals surface area (Å²) in [5.74, 6) is 0.997. The second kappa shape index (κ2) is 5.93. The van der Waals surface area contributed by atoms with Crippen molar-refractivity contribution in [1.29, 1.82) is 0 Å². The molecule has 1 heterocycles. The average Bonchev–Trinajstić information content (AvgIpc) is 2.69. The first-order valence-electron chi connectivity index (χ1n) is 7.12. The van der Waals surface area contributed by atoms with Crippen LogP contribution < -0.4 is 15.4 Å². The zero-order chi connectivity index (χ0) is 13.9. The van der Waals surface area contributed by atoms with E-state index >= 15 is 0 Å². The number of methoxy groups -OCH3 is 1. The fraction of sp³-hybridized carbons (Fsp3) is 0.625. The summed E-state index contributed by atoms with van der Waals surface area (Å²) in [5, 5.41) is 7.18. The SMILES string of the molecule is COc1ccc(C)cc1CCNC1CNC(C)(C)C1. The summed E-state index contributed by atoms with van der Waals surface area (Å²) in [5.41, 5.74) is 2.86. The molecule has 0 saturated carbocycles. The standard InChI is InChI=1S/C16H26N2O/c1-12-5-6-15(19-4)13(9-12)7-8-17-14-10-16(2,3)18-11-14/h5-6,9,14,17-18H,7-8,10-11H2,1-4H3. The largest absolute Gasteiger partial charge is 0.496 e. The van der Waals surface area contributed by atoms with Gasteiger partial charge in [-0.05, 0) is 51.8 Å². The molecule has 1 aromatic carbocycles. The van der Waals surface area contributed by atoms with Gasteiger partial charge in [-0.2, -0.15) is 0 Å². The average molecular weight is 262 g/mol. The zero-order valence-electron chi connectivity index (χ0n) is 12.5. The normalized spacial score (nSPS) is 21.6. The van der Waals surface area contributed by atoms with Crippen LogP contribution in [0.15, 0.2) is 18.2 Å². The van der Waals surface area contributed by atoms with Gasteiger partial charge in [-0.15, -0.1) is 0 Å². The Morgan fingerprint density at radius 3 is 2.84 bits per heavy atom. The molecular weight excluding hydrogens is 236 g/mol. The lowest BCUT2D eigenvalue weighted by molar-refractivity contribution is 0.407. The summed E-state index contributed by atoms with van der Waals surface area (Å²) in [6.07, 6.45) is 2.21. The highest BCUT2D eigenvalue weighted by Gasteiger charge is 2.29. The molecule has 0 aromatic heterocycles. The highest BCUT2D eigenvalue weighted by atomic mass is 16.5. The first-order valence-corrected chi connectivity index (χ1v) is 7.12. The maximum atomic E-state index is 5.42. The molecule has 0 aliphatic carbocycles. The van der Waals surface area contributed by atoms with Crippen molar-refractivity contribution in [2.45, 2.75) is 45.2 Å². The van der Waals surface area contributed by atoms with Gasteiger partial charge in [0.2, 0.25) is 0 Å². The number of hydrogen-bond acceptors (Lipinski definition) is 3. The van der Waals surface area contributed by atoms with Crippen LogP contribution in [-0.2, 0) is 6.42 Å². The van der Waals surface area contributed by atoms with E-state index in [1.54, 1.807) is 7.11 Å². The molecule has 1 aromatic rings. The number of benzene rings is 1. The molecule has 1 unspecified atom stereocenters. The van der Waals surface area contributed by atoms with E-state index in [0.717, 1.165) is 25.3 Å². The van der Waals surface area contributed by atoms with Crippen LogP contribution in [0.4, 0.5) is 0 Å². The van der Waals surface area contributed by atoms with Crippen LogP contribution >= 0.6 is 0 Å². The number of ether oxygens (including phenoxy) is 1. The second-order valence-electron chi connectivity index (χ2n) is 6.19. The number of aryl methyl sites for hydroxylation is 1. The Labute approximate surface area is 116 Å². The molecule has 1 saturated heterocycles. The molecule has 19 heavy (non-hydrogen) atoms. The number of rotatable bonds is 5. The van der Waals surface area contributed by atoms with Crippen LogP contribution in [0, 0.1) is 6.92 Å². The van der Waals surface area contributed by atoms with Gasteiger partial charge in [-0.1, -0.05) is 17.7 Å². The third-order valence-corrected chi connectivity index (χ3v) is 3.85. The lowest BCUT2D eigenvalue weighted by atomic mass is 10.0. The third-order valence-electron chi connectivity index (χ3n) is 3.85. The van der Waals surface area contributed by atoms with Crippen molar-refractivity contribution in [1.82, 2.24) is 10.6 Å². The minimum Gasteiger partial charge on any atom is -0.496 e. The quantitative estimate of drug-likeness (QED) is 0.854. The van der Waals surface area contributed by atoms with Gasteiger partial charge >= 0.3 is 0 Å². The van der Waals surface area contributed by atoms with Crippen molar-refractivity contribution >= 4 is 0 Å². The highest BCUT2D eigenvalue weighted by Crippen LogP contribution is 2.21. The van der Waals surface area contributed by atoms with Crippen molar-refractivity contribution in [3.8, 4) is 5.75 Å². The van der Waals surface area contributed by atoms with E-state index in [1.807, 2.05) is 0 Å². The number of hydrogen-bond donors (Lipinski definition) is 2. The summed E-state index contributed by atoms with van der Waals surface area (Å²) in [6, 6.07) is 6.97. The fourth-order valence-corrected chi connectivity index (χ4v) is 2.82. The molecule has 1 aliphatic heterocycles. The molecule has 1 fully saturated rings. The summed E-state index contributed by atoms with van der Waals surface area (Å²) < 4.78 is 5.42. The van der Waals surface area contributed by atoms with Crippen LogP contribution in [0.2, 0.25) is 0 Å². The Morgan fingerprint density at radius 1 is 1.42 bits per heavy atom. The summed E-state index contributed by atoms with van der Waals surface area (Å²) in [7, 11) is 1.74. The molecule has 3 heteroatoms. The van der Waals surface area contributed by atoms with Crippen LogP contribution in [0.1, 0.15) is 31.4 Å². The van der Waals surface area contributed by atoms with Gasteiger partial charge < -0.3 is 15.4 Å². The Bertz CT molecular complexity index is 429. The minimum absolute atomic E-state index is 0.276. The van der Waals surface area contributed by atoms with Crippen molar-refractivity contribution in [3.63, 3.8) is 0 Å². The van der Waals surface area contributed by atoms with E-state index in [-0.39, 0.29) is 5.54 Å². The molecule has 2 N–H and O–H groups in total. The first kappa shape index (κ1) is 14.4. The van der Waals surface area contributed by atoms with E-state index in [0.29, 0.717) is 6.04 Å². The molecule has 0 spiro atoms. The predicted molar refractivity (Wildman–Crippen MR) is 79.9 cm³/mol. The third kappa shape index (κ3) is 3.95. The molecule has 1 aliphatic rings. The summed E-state index contributed by atoms with van der Waals surface area (Å²) >= 11 is 0. The van der Waals surface area contributed by atoms with E-state index in [9.17, 15) is 0 Å². The van der Waals surface area contributed by atoms with Crippen LogP contribution in [0.25, 0.3) is 0 Å². The monoisotopic (exact) mass is 262 g/mol. The molecule has 0 radical (unpaired) electrons. The van der Waals surface area contributed by atoms with Crippen molar-refractivity contribution < 1.29 is 4.74 Å². The minimum atomic E-state index is 0.276. The van der Waals surface area contributed by atoms with Gasteiger partial charge in [0.25, 0.3) is 0 Å². The maximum absolute atomic E-state index is 5.42. The summed E-state index contributed by atoms with van der Waals surface area (Å²) in [4.78, 5) is 0. The lowest BCUT2D eigenvalue weighted by Crippen LogP contribution is -2.32. The molecular formula is C16H26N2O. The fourth-order valence-electron chi connectivity index (χ4n) is 2.82. The van der Waals surface area contributed by atoms with Gasteiger partial charge in [0.15, 0.2) is 0 Å². The smallest absolute Gasteiger partial charge is 0.122 e. The molecule has 3 nitrogen and oxygen atoms in total. The second-order valence-corrected chi connectivity index (χ2v) is 6.19. The van der Waals surface area contributed by atoms with Crippen molar-refractivity contribution in [3.05, 3.63) is 29.3 Å². The summed E-state index contributed by atoms with van der Waals surface area (Å²) in [6.45, 7) is 8.72. The molecule has 0 amide bonds. The van der Waals surface area contributed by atoms with Crippen LogP contribution in [-0.4, -0.2) is 31.8 Å². The molecule has 106 valence electrons. The predicted octanol–water partition coefficient (Wildman–Crippen LogP) is 2.28. The van der Waals surface area contributed by atoms with E-state index in [4.69, 9.17) is 4.74 Å². The maximum Gasteiger partial charge on any atom is 0.122 e. The van der Waals surface area contributed by atoms with Gasteiger partial charge in [0, 0.05) is 18.1 Å². The lowest BCUT2D eigenvalue weighted by Gasteiger charge is -2.17. The Hall–Kier alpha value is -1.06. The first-order chi connectivity index (χ1) is 9.00. The van der Waals surface area contributed by atoms with Crippen molar-refractivity contribution in [2.75, 3.05) is 20.2 Å². The van der Waals surface area contributed by atoms with E-state index in [2.05, 4.69) is 49.6 Å².